The quantitative estimate of drug-likeness (QED) is 0.797. The van der Waals surface area contributed by atoms with Gasteiger partial charge in [0.25, 0.3) is 0 Å². The molecule has 3 N–H and O–H groups in total. The third kappa shape index (κ3) is 2.42. The van der Waals surface area contributed by atoms with Crippen LogP contribution in [0.1, 0.15) is 6.42 Å². The molecule has 1 amide bonds. The number of hydrogen-bond acceptors (Lipinski definition) is 4. The average molecular weight is 317 g/mol. The number of halogens is 1. The summed E-state index contributed by atoms with van der Waals surface area (Å²) in [4.78, 5) is 13.3. The third-order valence-electron chi connectivity index (χ3n) is 4.16. The molecule has 2 unspecified atom stereocenters. The van der Waals surface area contributed by atoms with Gasteiger partial charge in [0.15, 0.2) is 5.50 Å². The second-order valence-electron chi connectivity index (χ2n) is 5.65. The van der Waals surface area contributed by atoms with Crippen molar-refractivity contribution in [2.45, 2.75) is 16.8 Å². The first-order valence-corrected chi connectivity index (χ1v) is 8.25. The number of anilines is 1. The van der Waals surface area contributed by atoms with E-state index in [1.807, 2.05) is 12.1 Å². The predicted octanol–water partition coefficient (Wildman–Crippen LogP) is 2.51. The molecule has 1 saturated heterocycles. The van der Waals surface area contributed by atoms with Crippen LogP contribution < -0.4 is 16.0 Å². The number of nitrogens with one attached hydrogen (secondary N) is 3. The fourth-order valence-corrected chi connectivity index (χ4v) is 4.16. The van der Waals surface area contributed by atoms with Gasteiger partial charge in [0.05, 0.1) is 11.6 Å². The van der Waals surface area contributed by atoms with Gasteiger partial charge in [-0.2, -0.15) is 0 Å². The topological polar surface area (TPSA) is 53.2 Å². The summed E-state index contributed by atoms with van der Waals surface area (Å²) in [6.45, 7) is 1.65. The van der Waals surface area contributed by atoms with E-state index in [1.165, 1.54) is 12.1 Å². The van der Waals surface area contributed by atoms with Crippen molar-refractivity contribution < 1.29 is 9.18 Å². The molecule has 0 bridgehead atoms. The Morgan fingerprint density at radius 2 is 2.23 bits per heavy atom. The lowest BCUT2D eigenvalue weighted by Gasteiger charge is -2.15. The molecule has 2 aromatic rings. The molecule has 22 heavy (non-hydrogen) atoms. The second-order valence-corrected chi connectivity index (χ2v) is 6.76. The maximum Gasteiger partial charge on any atom is 0.226 e. The molecule has 4 nitrogen and oxygen atoms in total. The zero-order chi connectivity index (χ0) is 15.1. The van der Waals surface area contributed by atoms with Crippen LogP contribution >= 0.6 is 11.8 Å². The van der Waals surface area contributed by atoms with Crippen LogP contribution in [0.25, 0.3) is 10.8 Å². The van der Waals surface area contributed by atoms with E-state index < -0.39 is 0 Å². The summed E-state index contributed by atoms with van der Waals surface area (Å²) in [6.07, 6.45) is 0.887. The lowest BCUT2D eigenvalue weighted by molar-refractivity contribution is -0.124. The van der Waals surface area contributed by atoms with Crippen LogP contribution in [0.2, 0.25) is 0 Å². The van der Waals surface area contributed by atoms with E-state index in [0.29, 0.717) is 0 Å². The fraction of sp³-hybridized carbons (Fsp3) is 0.312. The van der Waals surface area contributed by atoms with Crippen molar-refractivity contribution in [3.63, 3.8) is 0 Å². The van der Waals surface area contributed by atoms with Gasteiger partial charge in [-0.3, -0.25) is 4.79 Å². The SMILES string of the molecule is O=C(NC1Nc2ccc3cc(F)ccc3c2S1)C1CCNC1. The van der Waals surface area contributed by atoms with Crippen molar-refractivity contribution in [3.8, 4) is 0 Å². The van der Waals surface area contributed by atoms with Crippen LogP contribution in [0.3, 0.4) is 0 Å². The zero-order valence-electron chi connectivity index (χ0n) is 11.9. The monoisotopic (exact) mass is 317 g/mol. The first-order chi connectivity index (χ1) is 10.7. The molecule has 1 fully saturated rings. The molecule has 2 aliphatic heterocycles. The summed E-state index contributed by atoms with van der Waals surface area (Å²) >= 11 is 1.57. The van der Waals surface area contributed by atoms with E-state index in [-0.39, 0.29) is 23.1 Å². The molecule has 0 aromatic heterocycles. The highest BCUT2D eigenvalue weighted by molar-refractivity contribution is 8.00. The minimum atomic E-state index is -0.234. The molecule has 2 aromatic carbocycles. The highest BCUT2D eigenvalue weighted by atomic mass is 32.2. The Labute approximate surface area is 131 Å². The molecule has 6 heteroatoms. The Kier molecular flexibility index (Phi) is 3.43. The maximum absolute atomic E-state index is 13.3. The van der Waals surface area contributed by atoms with Gasteiger partial charge < -0.3 is 16.0 Å². The number of hydrogen-bond donors (Lipinski definition) is 3. The van der Waals surface area contributed by atoms with Gasteiger partial charge in [0.2, 0.25) is 5.91 Å². The first kappa shape index (κ1) is 13.8. The lowest BCUT2D eigenvalue weighted by Crippen LogP contribution is -2.40. The standard InChI is InChI=1S/C16H16FN3OS/c17-11-2-3-12-9(7-11)1-4-13-14(12)22-16(19-13)20-15(21)10-5-6-18-8-10/h1-4,7,10,16,18-19H,5-6,8H2,(H,20,21). The van der Waals surface area contributed by atoms with Gasteiger partial charge in [-0.1, -0.05) is 23.9 Å². The Morgan fingerprint density at radius 3 is 3.05 bits per heavy atom. The van der Waals surface area contributed by atoms with E-state index in [2.05, 4.69) is 16.0 Å². The molecule has 0 saturated carbocycles. The molecule has 4 rings (SSSR count). The molecule has 0 radical (unpaired) electrons. The molecular formula is C16H16FN3OS. The van der Waals surface area contributed by atoms with E-state index in [0.717, 1.165) is 40.9 Å². The smallest absolute Gasteiger partial charge is 0.226 e. The third-order valence-corrected chi connectivity index (χ3v) is 5.31. The molecule has 2 aliphatic rings. The molecular weight excluding hydrogens is 301 g/mol. The summed E-state index contributed by atoms with van der Waals surface area (Å²) in [6, 6.07) is 8.64. The van der Waals surface area contributed by atoms with E-state index in [1.54, 1.807) is 17.8 Å². The summed E-state index contributed by atoms with van der Waals surface area (Å²) in [5.41, 5.74) is 0.817. The van der Waals surface area contributed by atoms with Crippen LogP contribution in [0.4, 0.5) is 10.1 Å². The minimum absolute atomic E-state index is 0.0527. The van der Waals surface area contributed by atoms with Gasteiger partial charge in [-0.25, -0.2) is 4.39 Å². The van der Waals surface area contributed by atoms with Crippen LogP contribution in [0.15, 0.2) is 35.2 Å². The summed E-state index contributed by atoms with van der Waals surface area (Å²) < 4.78 is 13.3. The lowest BCUT2D eigenvalue weighted by atomic mass is 10.1. The number of fused-ring (bicyclic) bond motifs is 3. The Bertz CT molecular complexity index is 745. The maximum atomic E-state index is 13.3. The average Bonchev–Trinajstić information content (AvgIpc) is 3.15. The summed E-state index contributed by atoms with van der Waals surface area (Å²) in [5.74, 6) is -0.0999. The fourth-order valence-electron chi connectivity index (χ4n) is 2.99. The van der Waals surface area contributed by atoms with E-state index >= 15 is 0 Å². The highest BCUT2D eigenvalue weighted by Gasteiger charge is 2.28. The number of rotatable bonds is 2. The largest absolute Gasteiger partial charge is 0.356 e. The van der Waals surface area contributed by atoms with E-state index in [9.17, 15) is 9.18 Å². The van der Waals surface area contributed by atoms with Gasteiger partial charge in [0, 0.05) is 11.4 Å². The van der Waals surface area contributed by atoms with E-state index in [4.69, 9.17) is 0 Å². The number of amides is 1. The number of benzene rings is 2. The van der Waals surface area contributed by atoms with Crippen LogP contribution in [0, 0.1) is 11.7 Å². The number of carbonyl (C=O) groups excluding carboxylic acids is 1. The molecule has 2 heterocycles. The van der Waals surface area contributed by atoms with Crippen LogP contribution in [0.5, 0.6) is 0 Å². The van der Waals surface area contributed by atoms with Crippen LogP contribution in [-0.4, -0.2) is 24.5 Å². The zero-order valence-corrected chi connectivity index (χ0v) is 12.7. The second kappa shape index (κ2) is 5.44. The molecule has 2 atom stereocenters. The minimum Gasteiger partial charge on any atom is -0.356 e. The molecule has 0 spiro atoms. The molecule has 114 valence electrons. The van der Waals surface area contributed by atoms with Gasteiger partial charge in [-0.05, 0) is 41.9 Å². The molecule has 0 aliphatic carbocycles. The normalized spacial score (nSPS) is 23.3. The number of thioether (sulfide) groups is 1. The summed E-state index contributed by atoms with van der Waals surface area (Å²) in [5, 5.41) is 11.4. The van der Waals surface area contributed by atoms with Crippen molar-refractivity contribution in [1.29, 1.82) is 0 Å². The van der Waals surface area contributed by atoms with Crippen molar-refractivity contribution in [2.75, 3.05) is 18.4 Å². The predicted molar refractivity (Wildman–Crippen MR) is 86.3 cm³/mol. The van der Waals surface area contributed by atoms with Crippen molar-refractivity contribution in [1.82, 2.24) is 10.6 Å². The van der Waals surface area contributed by atoms with Crippen molar-refractivity contribution >= 4 is 34.1 Å². The first-order valence-electron chi connectivity index (χ1n) is 7.37. The summed E-state index contributed by atoms with van der Waals surface area (Å²) in [7, 11) is 0. The Morgan fingerprint density at radius 1 is 1.32 bits per heavy atom. The van der Waals surface area contributed by atoms with Crippen molar-refractivity contribution in [2.24, 2.45) is 5.92 Å². The van der Waals surface area contributed by atoms with Gasteiger partial charge in [0.1, 0.15) is 5.82 Å². The Balaban J connectivity index is 1.55. The van der Waals surface area contributed by atoms with Crippen LogP contribution in [-0.2, 0) is 4.79 Å². The van der Waals surface area contributed by atoms with Gasteiger partial charge in [-0.15, -0.1) is 0 Å². The highest BCUT2D eigenvalue weighted by Crippen LogP contribution is 2.42. The van der Waals surface area contributed by atoms with Gasteiger partial charge >= 0.3 is 0 Å². The Hall–Kier alpha value is -1.79. The van der Waals surface area contributed by atoms with Crippen molar-refractivity contribution in [3.05, 3.63) is 36.1 Å². The number of carbonyl (C=O) groups is 1.